The van der Waals surface area contributed by atoms with Gasteiger partial charge in [0.25, 0.3) is 5.91 Å². The molecule has 132 valence electrons. The number of imide groups is 1. The topological polar surface area (TPSA) is 78.5 Å². The molecule has 1 aliphatic carbocycles. The molecule has 4 amide bonds. The third-order valence-corrected chi connectivity index (χ3v) is 6.01. The maximum atomic E-state index is 12.8. The summed E-state index contributed by atoms with van der Waals surface area (Å²) in [5.74, 6) is 0.298. The van der Waals surface area contributed by atoms with Crippen LogP contribution in [0, 0.1) is 19.8 Å². The minimum absolute atomic E-state index is 0.0585. The fourth-order valence-electron chi connectivity index (χ4n) is 4.06. The van der Waals surface area contributed by atoms with Gasteiger partial charge < -0.3 is 10.2 Å². The summed E-state index contributed by atoms with van der Waals surface area (Å²) in [6, 6.07) is 6.01. The highest BCUT2D eigenvalue weighted by molar-refractivity contribution is 6.07. The average molecular weight is 341 g/mol. The highest BCUT2D eigenvalue weighted by atomic mass is 16.2. The van der Waals surface area contributed by atoms with Gasteiger partial charge in [-0.25, -0.2) is 4.79 Å². The first kappa shape index (κ1) is 16.1. The number of carbonyl (C=O) groups is 3. The molecule has 0 unspecified atom stereocenters. The molecular weight excluding hydrogens is 318 g/mol. The predicted octanol–water partition coefficient (Wildman–Crippen LogP) is 1.61. The Labute approximate surface area is 147 Å². The van der Waals surface area contributed by atoms with Crippen LogP contribution >= 0.6 is 0 Å². The van der Waals surface area contributed by atoms with Crippen LogP contribution in [0.25, 0.3) is 0 Å². The molecule has 1 saturated carbocycles. The van der Waals surface area contributed by atoms with E-state index in [1.54, 1.807) is 0 Å². The lowest BCUT2D eigenvalue weighted by Crippen LogP contribution is -2.56. The number of carbonyl (C=O) groups excluding carboxylic acids is 3. The number of hydrogen-bond donors (Lipinski definition) is 2. The fourth-order valence-corrected chi connectivity index (χ4v) is 4.06. The molecule has 2 aliphatic heterocycles. The quantitative estimate of drug-likeness (QED) is 0.802. The lowest BCUT2D eigenvalue weighted by Gasteiger charge is -2.37. The first-order valence-electron chi connectivity index (χ1n) is 8.89. The third kappa shape index (κ3) is 2.69. The van der Waals surface area contributed by atoms with Gasteiger partial charge in [-0.15, -0.1) is 0 Å². The van der Waals surface area contributed by atoms with Crippen LogP contribution < -0.4 is 10.6 Å². The van der Waals surface area contributed by atoms with Crippen LogP contribution in [-0.2, 0) is 9.59 Å². The van der Waals surface area contributed by atoms with Crippen molar-refractivity contribution in [2.75, 3.05) is 13.1 Å². The summed E-state index contributed by atoms with van der Waals surface area (Å²) in [5, 5.41) is 5.03. The summed E-state index contributed by atoms with van der Waals surface area (Å²) in [4.78, 5) is 38.0. The van der Waals surface area contributed by atoms with Crippen LogP contribution in [-0.4, -0.2) is 41.4 Å². The molecule has 2 heterocycles. The normalized spacial score (nSPS) is 27.2. The van der Waals surface area contributed by atoms with Gasteiger partial charge in [-0.3, -0.25) is 14.9 Å². The Morgan fingerprint density at radius 1 is 1.16 bits per heavy atom. The van der Waals surface area contributed by atoms with Gasteiger partial charge in [0, 0.05) is 19.0 Å². The number of urea groups is 1. The Morgan fingerprint density at radius 2 is 1.88 bits per heavy atom. The van der Waals surface area contributed by atoms with Gasteiger partial charge in [-0.05, 0) is 55.7 Å². The van der Waals surface area contributed by atoms with Crippen LogP contribution in [0.15, 0.2) is 18.2 Å². The van der Waals surface area contributed by atoms with Gasteiger partial charge >= 0.3 is 6.03 Å². The molecule has 1 aromatic rings. The number of benzene rings is 1. The molecular formula is C19H23N3O3. The number of piperidine rings is 1. The van der Waals surface area contributed by atoms with Crippen molar-refractivity contribution in [2.24, 2.45) is 5.92 Å². The van der Waals surface area contributed by atoms with Crippen molar-refractivity contribution in [3.05, 3.63) is 34.9 Å². The van der Waals surface area contributed by atoms with E-state index in [1.165, 1.54) is 16.7 Å². The zero-order chi connectivity index (χ0) is 17.8. The highest BCUT2D eigenvalue weighted by Crippen LogP contribution is 2.49. The van der Waals surface area contributed by atoms with Crippen LogP contribution in [0.2, 0.25) is 0 Å². The van der Waals surface area contributed by atoms with Gasteiger partial charge in [0.15, 0.2) is 0 Å². The molecule has 2 N–H and O–H groups in total. The Morgan fingerprint density at radius 3 is 2.48 bits per heavy atom. The van der Waals surface area contributed by atoms with Crippen molar-refractivity contribution in [1.29, 1.82) is 0 Å². The van der Waals surface area contributed by atoms with Crippen molar-refractivity contribution in [2.45, 2.75) is 44.6 Å². The average Bonchev–Trinajstić information content (AvgIpc) is 3.32. The molecule has 3 aliphatic rings. The van der Waals surface area contributed by atoms with E-state index < -0.39 is 11.6 Å². The van der Waals surface area contributed by atoms with Crippen molar-refractivity contribution < 1.29 is 14.4 Å². The number of rotatable bonds is 2. The van der Waals surface area contributed by atoms with Crippen LogP contribution in [0.1, 0.15) is 41.9 Å². The number of nitrogens with one attached hydrogen (secondary N) is 2. The van der Waals surface area contributed by atoms with Crippen molar-refractivity contribution in [3.8, 4) is 0 Å². The largest absolute Gasteiger partial charge is 0.342 e. The Hall–Kier alpha value is -2.37. The first-order chi connectivity index (χ1) is 11.9. The molecule has 3 fully saturated rings. The van der Waals surface area contributed by atoms with Gasteiger partial charge in [0.1, 0.15) is 5.54 Å². The standard InChI is InChI=1S/C19H23N3O3/c1-11-3-4-13(9-12(11)2)14-10-15(14)16(23)22-7-5-19(6-8-22)17(24)20-18(25)21-19/h3-4,9,14-15H,5-8,10H2,1-2H3,(H2,20,21,24,25)/t14-,15-/m0/s1. The van der Waals surface area contributed by atoms with E-state index in [-0.39, 0.29) is 17.7 Å². The van der Waals surface area contributed by atoms with Crippen molar-refractivity contribution >= 4 is 17.8 Å². The molecule has 0 aromatic heterocycles. The monoisotopic (exact) mass is 341 g/mol. The summed E-state index contributed by atoms with van der Waals surface area (Å²) < 4.78 is 0. The molecule has 0 bridgehead atoms. The lowest BCUT2D eigenvalue weighted by molar-refractivity contribution is -0.137. The summed E-state index contributed by atoms with van der Waals surface area (Å²) >= 11 is 0. The third-order valence-electron chi connectivity index (χ3n) is 6.01. The molecule has 1 aromatic carbocycles. The second-order valence-corrected chi connectivity index (χ2v) is 7.61. The molecule has 6 heteroatoms. The molecule has 2 saturated heterocycles. The van der Waals surface area contributed by atoms with Crippen molar-refractivity contribution in [3.63, 3.8) is 0 Å². The highest BCUT2D eigenvalue weighted by Gasteiger charge is 2.51. The summed E-state index contributed by atoms with van der Waals surface area (Å²) in [6.45, 7) is 5.23. The second-order valence-electron chi connectivity index (χ2n) is 7.61. The summed E-state index contributed by atoms with van der Waals surface area (Å²) in [7, 11) is 0. The summed E-state index contributed by atoms with van der Waals surface area (Å²) in [5.41, 5.74) is 2.96. The van der Waals surface area contributed by atoms with Crippen LogP contribution in [0.4, 0.5) is 4.79 Å². The maximum Gasteiger partial charge on any atom is 0.322 e. The molecule has 25 heavy (non-hydrogen) atoms. The van der Waals surface area contributed by atoms with E-state index in [0.717, 1.165) is 6.42 Å². The lowest BCUT2D eigenvalue weighted by atomic mass is 9.87. The maximum absolute atomic E-state index is 12.8. The molecule has 2 atom stereocenters. The van der Waals surface area contributed by atoms with E-state index in [0.29, 0.717) is 31.8 Å². The number of hydrogen-bond acceptors (Lipinski definition) is 3. The van der Waals surface area contributed by atoms with Crippen LogP contribution in [0.5, 0.6) is 0 Å². The Balaban J connectivity index is 1.38. The van der Waals surface area contributed by atoms with E-state index in [2.05, 4.69) is 42.7 Å². The first-order valence-corrected chi connectivity index (χ1v) is 8.89. The van der Waals surface area contributed by atoms with Crippen LogP contribution in [0.3, 0.4) is 0 Å². The van der Waals surface area contributed by atoms with Gasteiger partial charge in [0.05, 0.1) is 0 Å². The molecule has 4 rings (SSSR count). The molecule has 0 radical (unpaired) electrons. The van der Waals surface area contributed by atoms with E-state index in [9.17, 15) is 14.4 Å². The number of likely N-dealkylation sites (tertiary alicyclic amines) is 1. The number of amides is 4. The minimum atomic E-state index is -0.815. The summed E-state index contributed by atoms with van der Waals surface area (Å²) in [6.07, 6.45) is 1.87. The van der Waals surface area contributed by atoms with E-state index in [4.69, 9.17) is 0 Å². The predicted molar refractivity (Wildman–Crippen MR) is 92.0 cm³/mol. The van der Waals surface area contributed by atoms with E-state index in [1.807, 2.05) is 4.90 Å². The minimum Gasteiger partial charge on any atom is -0.342 e. The van der Waals surface area contributed by atoms with Crippen molar-refractivity contribution in [1.82, 2.24) is 15.5 Å². The van der Waals surface area contributed by atoms with Gasteiger partial charge in [-0.1, -0.05) is 18.2 Å². The molecule has 1 spiro atoms. The fraction of sp³-hybridized carbons (Fsp3) is 0.526. The van der Waals surface area contributed by atoms with E-state index >= 15 is 0 Å². The Bertz CT molecular complexity index is 765. The number of aryl methyl sites for hydroxylation is 2. The smallest absolute Gasteiger partial charge is 0.322 e. The second kappa shape index (κ2) is 5.58. The zero-order valence-electron chi connectivity index (χ0n) is 14.6. The zero-order valence-corrected chi connectivity index (χ0v) is 14.6. The van der Waals surface area contributed by atoms with Gasteiger partial charge in [0.2, 0.25) is 5.91 Å². The molecule has 6 nitrogen and oxygen atoms in total. The SMILES string of the molecule is Cc1ccc([C@@H]2C[C@@H]2C(=O)N2CCC3(CC2)NC(=O)NC3=O)cc1C. The Kier molecular flexibility index (Phi) is 3.60. The number of nitrogens with zero attached hydrogens (tertiary/aromatic N) is 1. The van der Waals surface area contributed by atoms with Gasteiger partial charge in [-0.2, -0.15) is 0 Å².